The summed E-state index contributed by atoms with van der Waals surface area (Å²) < 4.78 is 11.1. The summed E-state index contributed by atoms with van der Waals surface area (Å²) in [6, 6.07) is 6.21. The van der Waals surface area contributed by atoms with Crippen molar-refractivity contribution in [3.05, 3.63) is 17.7 Å². The number of anilines is 1. The van der Waals surface area contributed by atoms with Gasteiger partial charge in [-0.15, -0.1) is 0 Å². The van der Waals surface area contributed by atoms with Crippen LogP contribution < -0.4 is 14.4 Å². The fourth-order valence-electron chi connectivity index (χ4n) is 2.11. The first-order chi connectivity index (χ1) is 8.72. The molecule has 18 heavy (non-hydrogen) atoms. The summed E-state index contributed by atoms with van der Waals surface area (Å²) in [6.45, 7) is 4.15. The number of rotatable bonds is 4. The molecule has 0 radical (unpaired) electrons. The van der Waals surface area contributed by atoms with E-state index in [-0.39, 0.29) is 0 Å². The molecule has 1 aromatic carbocycles. The van der Waals surface area contributed by atoms with Crippen molar-refractivity contribution in [1.29, 1.82) is 5.26 Å². The second kappa shape index (κ2) is 5.63. The van der Waals surface area contributed by atoms with Crippen LogP contribution in [0.2, 0.25) is 0 Å². The molecule has 0 saturated carbocycles. The van der Waals surface area contributed by atoms with Crippen LogP contribution in [0.25, 0.3) is 0 Å². The highest BCUT2D eigenvalue weighted by molar-refractivity contribution is 5.61. The average Bonchev–Trinajstić information content (AvgIpc) is 2.38. The minimum atomic E-state index is 0.591. The molecule has 0 aromatic heterocycles. The maximum absolute atomic E-state index is 8.56. The third-order valence-corrected chi connectivity index (χ3v) is 3.05. The van der Waals surface area contributed by atoms with E-state index >= 15 is 0 Å². The Bertz CT molecular complexity index is 466. The molecule has 0 amide bonds. The second-order valence-electron chi connectivity index (χ2n) is 4.47. The summed E-state index contributed by atoms with van der Waals surface area (Å²) in [5, 5.41) is 8.56. The molecule has 0 aliphatic carbocycles. The van der Waals surface area contributed by atoms with Gasteiger partial charge in [0, 0.05) is 31.8 Å². The molecule has 0 atom stereocenters. The molecular formula is C14H18N2O2. The van der Waals surface area contributed by atoms with Gasteiger partial charge in [0.15, 0.2) is 11.5 Å². The summed E-state index contributed by atoms with van der Waals surface area (Å²) in [5.41, 5.74) is 2.30. The summed E-state index contributed by atoms with van der Waals surface area (Å²) in [5.74, 6) is 1.64. The van der Waals surface area contributed by atoms with E-state index in [9.17, 15) is 0 Å². The van der Waals surface area contributed by atoms with Crippen LogP contribution in [0.3, 0.4) is 0 Å². The van der Waals surface area contributed by atoms with Gasteiger partial charge < -0.3 is 14.4 Å². The second-order valence-corrected chi connectivity index (χ2v) is 4.47. The van der Waals surface area contributed by atoms with E-state index in [1.165, 1.54) is 5.56 Å². The Labute approximate surface area is 108 Å². The summed E-state index contributed by atoms with van der Waals surface area (Å²) in [7, 11) is 2.04. The van der Waals surface area contributed by atoms with E-state index in [1.807, 2.05) is 19.2 Å². The molecule has 1 heterocycles. The SMILES string of the molecule is Cc1cc2c(cc1N(C)CCCC#N)OCCO2. The molecule has 0 N–H and O–H groups in total. The molecule has 0 fully saturated rings. The van der Waals surface area contributed by atoms with Gasteiger partial charge in [-0.3, -0.25) is 0 Å². The van der Waals surface area contributed by atoms with Crippen LogP contribution in [0, 0.1) is 18.3 Å². The molecule has 4 heteroatoms. The molecular weight excluding hydrogens is 228 g/mol. The van der Waals surface area contributed by atoms with Crippen LogP contribution >= 0.6 is 0 Å². The Morgan fingerprint density at radius 2 is 1.94 bits per heavy atom. The van der Waals surface area contributed by atoms with Crippen molar-refractivity contribution in [2.75, 3.05) is 31.7 Å². The fraction of sp³-hybridized carbons (Fsp3) is 0.500. The monoisotopic (exact) mass is 246 g/mol. The topological polar surface area (TPSA) is 45.5 Å². The van der Waals surface area contributed by atoms with Crippen molar-refractivity contribution in [2.45, 2.75) is 19.8 Å². The van der Waals surface area contributed by atoms with Gasteiger partial charge in [0.2, 0.25) is 0 Å². The van der Waals surface area contributed by atoms with Crippen LogP contribution in [0.4, 0.5) is 5.69 Å². The zero-order valence-corrected chi connectivity index (χ0v) is 10.9. The van der Waals surface area contributed by atoms with Gasteiger partial charge in [-0.25, -0.2) is 0 Å². The normalized spacial score (nSPS) is 12.9. The van der Waals surface area contributed by atoms with Crippen molar-refractivity contribution >= 4 is 5.69 Å². The van der Waals surface area contributed by atoms with Crippen LogP contribution in [0.1, 0.15) is 18.4 Å². The number of nitriles is 1. The van der Waals surface area contributed by atoms with E-state index in [0.29, 0.717) is 19.6 Å². The van der Waals surface area contributed by atoms with Gasteiger partial charge in [0.05, 0.1) is 6.07 Å². The first-order valence-corrected chi connectivity index (χ1v) is 6.20. The van der Waals surface area contributed by atoms with Gasteiger partial charge in [-0.05, 0) is 25.0 Å². The Balaban J connectivity index is 2.15. The third-order valence-electron chi connectivity index (χ3n) is 3.05. The summed E-state index contributed by atoms with van der Waals surface area (Å²) in [4.78, 5) is 2.16. The number of fused-ring (bicyclic) bond motifs is 1. The molecule has 1 aromatic rings. The molecule has 1 aliphatic rings. The standard InChI is InChI=1S/C14H18N2O2/c1-11-9-13-14(18-8-7-17-13)10-12(11)16(2)6-4-3-5-15/h9-10H,3-4,6-8H2,1-2H3. The van der Waals surface area contributed by atoms with Crippen molar-refractivity contribution in [1.82, 2.24) is 0 Å². The van der Waals surface area contributed by atoms with E-state index < -0.39 is 0 Å². The maximum Gasteiger partial charge on any atom is 0.163 e. The van der Waals surface area contributed by atoms with Crippen molar-refractivity contribution in [2.24, 2.45) is 0 Å². The maximum atomic E-state index is 8.56. The van der Waals surface area contributed by atoms with Crippen LogP contribution in [-0.4, -0.2) is 26.8 Å². The molecule has 96 valence electrons. The molecule has 0 spiro atoms. The highest BCUT2D eigenvalue weighted by atomic mass is 16.6. The highest BCUT2D eigenvalue weighted by Gasteiger charge is 2.15. The lowest BCUT2D eigenvalue weighted by atomic mass is 10.1. The molecule has 0 bridgehead atoms. The average molecular weight is 246 g/mol. The Kier molecular flexibility index (Phi) is 3.93. The first-order valence-electron chi connectivity index (χ1n) is 6.20. The van der Waals surface area contributed by atoms with Gasteiger partial charge >= 0.3 is 0 Å². The predicted octanol–water partition coefficient (Wildman–Crippen LogP) is 2.51. The number of unbranched alkanes of at least 4 members (excludes halogenated alkanes) is 1. The number of nitrogens with zero attached hydrogens (tertiary/aromatic N) is 2. The fourth-order valence-corrected chi connectivity index (χ4v) is 2.11. The molecule has 0 unspecified atom stereocenters. The number of hydrogen-bond acceptors (Lipinski definition) is 4. The first kappa shape index (κ1) is 12.6. The lowest BCUT2D eigenvalue weighted by Gasteiger charge is -2.25. The quantitative estimate of drug-likeness (QED) is 0.766. The molecule has 1 aliphatic heterocycles. The van der Waals surface area contributed by atoms with Gasteiger partial charge in [-0.1, -0.05) is 0 Å². The van der Waals surface area contributed by atoms with Crippen LogP contribution in [0.15, 0.2) is 12.1 Å². The zero-order valence-electron chi connectivity index (χ0n) is 10.9. The minimum Gasteiger partial charge on any atom is -0.486 e. The Morgan fingerprint density at radius 1 is 1.28 bits per heavy atom. The van der Waals surface area contributed by atoms with E-state index in [2.05, 4.69) is 17.9 Å². The van der Waals surface area contributed by atoms with Gasteiger partial charge in [-0.2, -0.15) is 5.26 Å². The summed E-state index contributed by atoms with van der Waals surface area (Å²) >= 11 is 0. The largest absolute Gasteiger partial charge is 0.486 e. The Hall–Kier alpha value is -1.89. The van der Waals surface area contributed by atoms with Crippen molar-refractivity contribution in [3.8, 4) is 17.6 Å². The number of hydrogen-bond donors (Lipinski definition) is 0. The van der Waals surface area contributed by atoms with Gasteiger partial charge in [0.1, 0.15) is 13.2 Å². The Morgan fingerprint density at radius 3 is 2.61 bits per heavy atom. The van der Waals surface area contributed by atoms with Crippen molar-refractivity contribution < 1.29 is 9.47 Å². The summed E-state index contributed by atoms with van der Waals surface area (Å²) in [6.07, 6.45) is 1.47. The van der Waals surface area contributed by atoms with E-state index in [1.54, 1.807) is 0 Å². The lowest BCUT2D eigenvalue weighted by molar-refractivity contribution is 0.171. The smallest absolute Gasteiger partial charge is 0.163 e. The number of ether oxygens (including phenoxy) is 2. The van der Waals surface area contributed by atoms with Crippen LogP contribution in [0.5, 0.6) is 11.5 Å². The number of aryl methyl sites for hydroxylation is 1. The van der Waals surface area contributed by atoms with Crippen LogP contribution in [-0.2, 0) is 0 Å². The zero-order chi connectivity index (χ0) is 13.0. The highest BCUT2D eigenvalue weighted by Crippen LogP contribution is 2.36. The van der Waals surface area contributed by atoms with E-state index in [0.717, 1.165) is 30.2 Å². The van der Waals surface area contributed by atoms with Crippen molar-refractivity contribution in [3.63, 3.8) is 0 Å². The number of benzene rings is 1. The molecule has 0 saturated heterocycles. The minimum absolute atomic E-state index is 0.591. The van der Waals surface area contributed by atoms with Gasteiger partial charge in [0.25, 0.3) is 0 Å². The lowest BCUT2D eigenvalue weighted by Crippen LogP contribution is -2.21. The van der Waals surface area contributed by atoms with E-state index in [4.69, 9.17) is 14.7 Å². The molecule has 2 rings (SSSR count). The predicted molar refractivity (Wildman–Crippen MR) is 70.3 cm³/mol. The third kappa shape index (κ3) is 2.67. The molecule has 4 nitrogen and oxygen atoms in total.